The molecule has 1 heterocycles. The van der Waals surface area contributed by atoms with Crippen molar-refractivity contribution in [2.75, 3.05) is 6.54 Å². The standard InChI is InChI=1S/C4H4NOS/c6-3-1-2-5-4(3)7/h1-2H2. The fraction of sp³-hybridized carbons (Fsp3) is 0.500. The van der Waals surface area contributed by atoms with Gasteiger partial charge >= 0.3 is 0 Å². The van der Waals surface area contributed by atoms with Gasteiger partial charge in [0.25, 0.3) is 0 Å². The summed E-state index contributed by atoms with van der Waals surface area (Å²) in [6, 6.07) is 0. The molecule has 7 heavy (non-hydrogen) atoms. The number of ketones is 1. The molecule has 1 fully saturated rings. The van der Waals surface area contributed by atoms with E-state index in [2.05, 4.69) is 17.5 Å². The van der Waals surface area contributed by atoms with Crippen LogP contribution in [0.1, 0.15) is 6.42 Å². The SMILES string of the molecule is O=C1CC[N]C1=S. The third-order valence-electron chi connectivity index (χ3n) is 0.833. The lowest BCUT2D eigenvalue weighted by Crippen LogP contribution is -2.08. The molecule has 0 N–H and O–H groups in total. The maximum atomic E-state index is 10.3. The van der Waals surface area contributed by atoms with Gasteiger partial charge in [-0.05, 0) is 0 Å². The molecule has 0 amide bonds. The van der Waals surface area contributed by atoms with Crippen molar-refractivity contribution in [1.29, 1.82) is 0 Å². The van der Waals surface area contributed by atoms with Gasteiger partial charge in [0.2, 0.25) is 0 Å². The van der Waals surface area contributed by atoms with Crippen molar-refractivity contribution in [3.63, 3.8) is 0 Å². The fourth-order valence-electron chi connectivity index (χ4n) is 0.454. The average Bonchev–Trinajstić information content (AvgIpc) is 1.91. The van der Waals surface area contributed by atoms with Gasteiger partial charge in [0.15, 0.2) is 10.8 Å². The quantitative estimate of drug-likeness (QED) is 0.411. The zero-order valence-electron chi connectivity index (χ0n) is 3.68. The minimum absolute atomic E-state index is 0.0231. The number of hydrogen-bond acceptors (Lipinski definition) is 2. The third-order valence-corrected chi connectivity index (χ3v) is 1.19. The summed E-state index contributed by atoms with van der Waals surface area (Å²) in [6.45, 7) is 0.609. The van der Waals surface area contributed by atoms with E-state index in [4.69, 9.17) is 0 Å². The van der Waals surface area contributed by atoms with Gasteiger partial charge < -0.3 is 0 Å². The van der Waals surface area contributed by atoms with Gasteiger partial charge in [-0.3, -0.25) is 10.1 Å². The molecular formula is C4H4NOS. The maximum absolute atomic E-state index is 10.3. The number of carbonyl (C=O) groups is 1. The molecule has 2 nitrogen and oxygen atoms in total. The molecule has 1 aliphatic heterocycles. The second kappa shape index (κ2) is 1.58. The van der Waals surface area contributed by atoms with E-state index in [-0.39, 0.29) is 10.8 Å². The van der Waals surface area contributed by atoms with E-state index in [0.717, 1.165) is 0 Å². The average molecular weight is 114 g/mol. The van der Waals surface area contributed by atoms with Crippen molar-refractivity contribution in [2.24, 2.45) is 0 Å². The van der Waals surface area contributed by atoms with Gasteiger partial charge in [0.1, 0.15) is 0 Å². The van der Waals surface area contributed by atoms with Crippen LogP contribution in [0, 0.1) is 0 Å². The minimum Gasteiger partial charge on any atom is -0.291 e. The van der Waals surface area contributed by atoms with E-state index in [1.54, 1.807) is 0 Å². The molecule has 0 spiro atoms. The van der Waals surface area contributed by atoms with Crippen LogP contribution in [0.4, 0.5) is 0 Å². The smallest absolute Gasteiger partial charge is 0.193 e. The van der Waals surface area contributed by atoms with E-state index < -0.39 is 0 Å². The molecule has 1 rings (SSSR count). The first-order chi connectivity index (χ1) is 3.30. The lowest BCUT2D eigenvalue weighted by molar-refractivity contribution is -0.112. The number of hydrogen-bond donors (Lipinski definition) is 0. The van der Waals surface area contributed by atoms with Gasteiger partial charge in [-0.1, -0.05) is 12.2 Å². The predicted molar refractivity (Wildman–Crippen MR) is 29.2 cm³/mol. The van der Waals surface area contributed by atoms with Crippen molar-refractivity contribution < 1.29 is 4.79 Å². The van der Waals surface area contributed by atoms with E-state index in [1.807, 2.05) is 0 Å². The van der Waals surface area contributed by atoms with Crippen LogP contribution < -0.4 is 5.32 Å². The van der Waals surface area contributed by atoms with Gasteiger partial charge in [-0.25, -0.2) is 0 Å². The molecule has 0 aromatic rings. The Kier molecular flexibility index (Phi) is 1.06. The summed E-state index contributed by atoms with van der Waals surface area (Å²) in [5.74, 6) is 0.0231. The molecule has 37 valence electrons. The number of carbonyl (C=O) groups excluding carboxylic acids is 1. The topological polar surface area (TPSA) is 31.2 Å². The molecule has 0 aliphatic carbocycles. The van der Waals surface area contributed by atoms with Crippen LogP contribution in [0.15, 0.2) is 0 Å². The summed E-state index contributed by atoms with van der Waals surface area (Å²) in [5, 5.41) is 3.70. The Morgan fingerprint density at radius 1 is 1.71 bits per heavy atom. The van der Waals surface area contributed by atoms with Gasteiger partial charge in [-0.15, -0.1) is 0 Å². The monoisotopic (exact) mass is 114 g/mol. The molecule has 0 bridgehead atoms. The largest absolute Gasteiger partial charge is 0.291 e. The summed E-state index contributed by atoms with van der Waals surface area (Å²) in [6.07, 6.45) is 0.527. The van der Waals surface area contributed by atoms with Crippen molar-refractivity contribution >= 4 is 23.0 Å². The first-order valence-electron chi connectivity index (χ1n) is 2.05. The molecule has 0 saturated carbocycles. The summed E-state index contributed by atoms with van der Waals surface area (Å²) in [7, 11) is 0. The van der Waals surface area contributed by atoms with Crippen molar-refractivity contribution in [3.8, 4) is 0 Å². The molecular weight excluding hydrogens is 110 g/mol. The molecule has 0 aromatic carbocycles. The molecule has 0 unspecified atom stereocenters. The summed E-state index contributed by atoms with van der Waals surface area (Å²) < 4.78 is 0. The van der Waals surface area contributed by atoms with E-state index in [1.165, 1.54) is 0 Å². The highest BCUT2D eigenvalue weighted by atomic mass is 32.1. The van der Waals surface area contributed by atoms with Gasteiger partial charge in [0, 0.05) is 13.0 Å². The van der Waals surface area contributed by atoms with E-state index in [0.29, 0.717) is 13.0 Å². The maximum Gasteiger partial charge on any atom is 0.193 e. The van der Waals surface area contributed by atoms with Gasteiger partial charge in [-0.2, -0.15) is 0 Å². The Balaban J connectivity index is 2.65. The number of thiocarbonyl (C=S) groups is 1. The first kappa shape index (κ1) is 4.71. The molecule has 0 aromatic heterocycles. The molecule has 3 heteroatoms. The highest BCUT2D eigenvalue weighted by Gasteiger charge is 2.16. The summed E-state index contributed by atoms with van der Waals surface area (Å²) in [5.41, 5.74) is 0. The molecule has 0 atom stereocenters. The second-order valence-electron chi connectivity index (χ2n) is 1.36. The Labute approximate surface area is 46.9 Å². The normalized spacial score (nSPS) is 20.0. The highest BCUT2D eigenvalue weighted by Crippen LogP contribution is 1.94. The summed E-state index contributed by atoms with van der Waals surface area (Å²) >= 11 is 4.53. The molecule has 1 aliphatic rings. The minimum atomic E-state index is 0.0231. The predicted octanol–water partition coefficient (Wildman–Crippen LogP) is -0.109. The third kappa shape index (κ3) is 0.771. The zero-order chi connectivity index (χ0) is 5.28. The lowest BCUT2D eigenvalue weighted by Gasteiger charge is -1.78. The van der Waals surface area contributed by atoms with Crippen LogP contribution in [0.2, 0.25) is 0 Å². The van der Waals surface area contributed by atoms with Gasteiger partial charge in [0.05, 0.1) is 0 Å². The van der Waals surface area contributed by atoms with Crippen LogP contribution in [0.5, 0.6) is 0 Å². The number of nitrogens with zero attached hydrogens (tertiary/aromatic N) is 1. The Morgan fingerprint density at radius 2 is 2.43 bits per heavy atom. The lowest BCUT2D eigenvalue weighted by atomic mass is 10.4. The van der Waals surface area contributed by atoms with Crippen LogP contribution in [0.3, 0.4) is 0 Å². The Bertz CT molecular complexity index is 107. The van der Waals surface area contributed by atoms with Crippen molar-refractivity contribution in [1.82, 2.24) is 5.32 Å². The Hall–Kier alpha value is -0.440. The van der Waals surface area contributed by atoms with E-state index >= 15 is 0 Å². The first-order valence-corrected chi connectivity index (χ1v) is 2.46. The Morgan fingerprint density at radius 3 is 2.57 bits per heavy atom. The highest BCUT2D eigenvalue weighted by molar-refractivity contribution is 7.82. The zero-order valence-corrected chi connectivity index (χ0v) is 4.49. The second-order valence-corrected chi connectivity index (χ2v) is 1.75. The molecule has 1 saturated heterocycles. The van der Waals surface area contributed by atoms with Crippen molar-refractivity contribution in [2.45, 2.75) is 6.42 Å². The van der Waals surface area contributed by atoms with Crippen LogP contribution in [0.25, 0.3) is 0 Å². The van der Waals surface area contributed by atoms with E-state index in [9.17, 15) is 4.79 Å². The number of rotatable bonds is 0. The molecule has 1 radical (unpaired) electrons. The fourth-order valence-corrected chi connectivity index (χ4v) is 0.647. The van der Waals surface area contributed by atoms with Crippen LogP contribution >= 0.6 is 12.2 Å². The number of Topliss-reactive ketones (excluding diaryl/α,β-unsaturated/α-hetero) is 1. The summed E-state index contributed by atoms with van der Waals surface area (Å²) in [4.78, 5) is 10.6. The van der Waals surface area contributed by atoms with Crippen molar-refractivity contribution in [3.05, 3.63) is 0 Å². The van der Waals surface area contributed by atoms with Crippen LogP contribution in [-0.4, -0.2) is 17.3 Å². The van der Waals surface area contributed by atoms with Crippen LogP contribution in [-0.2, 0) is 4.79 Å².